The van der Waals surface area contributed by atoms with Gasteiger partial charge in [-0.05, 0) is 43.7 Å². The summed E-state index contributed by atoms with van der Waals surface area (Å²) in [5.74, 6) is 0. The first kappa shape index (κ1) is 13.8. The van der Waals surface area contributed by atoms with Crippen molar-refractivity contribution in [1.82, 2.24) is 10.0 Å². The minimum absolute atomic E-state index is 0.228. The van der Waals surface area contributed by atoms with E-state index in [1.54, 1.807) is 14.1 Å². The third kappa shape index (κ3) is 3.90. The Kier molecular flexibility index (Phi) is 4.76. The monoisotopic (exact) mass is 272 g/mol. The van der Waals surface area contributed by atoms with E-state index < -0.39 is 0 Å². The fourth-order valence-electron chi connectivity index (χ4n) is 1.39. The molecule has 1 rings (SSSR count). The lowest BCUT2D eigenvalue weighted by Crippen LogP contribution is -2.31. The van der Waals surface area contributed by atoms with Crippen molar-refractivity contribution in [1.29, 1.82) is 0 Å². The molecule has 0 aromatic rings. The largest absolute Gasteiger partial charge is 0.375 e. The fraction of sp³-hybridized carbons (Fsp3) is 0.556. The summed E-state index contributed by atoms with van der Waals surface area (Å²) in [4.78, 5) is 0. The van der Waals surface area contributed by atoms with E-state index >= 15 is 0 Å². The van der Waals surface area contributed by atoms with Gasteiger partial charge in [-0.15, -0.1) is 0 Å². The van der Waals surface area contributed by atoms with Crippen LogP contribution < -0.4 is 11.5 Å². The standard InChI is InChI=1S/C9H16N6S2/c1-14(8(10)16)12-6-4-3-5-7(6)13-15(2)9(11)17/h3-5H2,1-2H3,(H2,10,16)(H2,11,17). The van der Waals surface area contributed by atoms with Crippen LogP contribution in [0.5, 0.6) is 0 Å². The lowest BCUT2D eigenvalue weighted by molar-refractivity contribution is 0.543. The molecule has 0 spiro atoms. The Morgan fingerprint density at radius 1 is 1.00 bits per heavy atom. The van der Waals surface area contributed by atoms with Gasteiger partial charge in [-0.3, -0.25) is 0 Å². The predicted octanol–water partition coefficient (Wildman–Crippen LogP) is 0.233. The number of thiocarbonyl (C=S) groups is 2. The Hall–Kier alpha value is -1.28. The average molecular weight is 272 g/mol. The highest BCUT2D eigenvalue weighted by molar-refractivity contribution is 7.80. The van der Waals surface area contributed by atoms with Crippen molar-refractivity contribution >= 4 is 46.1 Å². The van der Waals surface area contributed by atoms with E-state index in [-0.39, 0.29) is 10.2 Å². The molecule has 0 heterocycles. The Labute approximate surface area is 111 Å². The van der Waals surface area contributed by atoms with Crippen molar-refractivity contribution in [3.8, 4) is 0 Å². The van der Waals surface area contributed by atoms with Gasteiger partial charge < -0.3 is 11.5 Å². The summed E-state index contributed by atoms with van der Waals surface area (Å²) in [5.41, 5.74) is 12.7. The van der Waals surface area contributed by atoms with Crippen molar-refractivity contribution in [3.63, 3.8) is 0 Å². The fourth-order valence-corrected chi connectivity index (χ4v) is 1.47. The first-order chi connectivity index (χ1) is 7.91. The average Bonchev–Trinajstić information content (AvgIpc) is 2.65. The van der Waals surface area contributed by atoms with Crippen LogP contribution in [0.3, 0.4) is 0 Å². The molecular weight excluding hydrogens is 256 g/mol. The first-order valence-corrected chi connectivity index (χ1v) is 5.95. The van der Waals surface area contributed by atoms with Gasteiger partial charge >= 0.3 is 0 Å². The third-order valence-corrected chi connectivity index (χ3v) is 2.87. The molecule has 4 N–H and O–H groups in total. The molecule has 0 saturated heterocycles. The van der Waals surface area contributed by atoms with E-state index in [0.29, 0.717) is 0 Å². The molecule has 0 unspecified atom stereocenters. The van der Waals surface area contributed by atoms with Crippen LogP contribution in [0.2, 0.25) is 0 Å². The Bertz CT molecular complexity index is 353. The molecule has 1 aliphatic carbocycles. The van der Waals surface area contributed by atoms with Crippen LogP contribution in [0.25, 0.3) is 0 Å². The zero-order chi connectivity index (χ0) is 13.0. The smallest absolute Gasteiger partial charge is 0.186 e. The van der Waals surface area contributed by atoms with Crippen LogP contribution in [0, 0.1) is 0 Å². The van der Waals surface area contributed by atoms with E-state index in [9.17, 15) is 0 Å². The number of rotatable bonds is 2. The lowest BCUT2D eigenvalue weighted by Gasteiger charge is -2.13. The molecular formula is C9H16N6S2. The first-order valence-electron chi connectivity index (χ1n) is 5.13. The lowest BCUT2D eigenvalue weighted by atomic mass is 10.3. The number of hydrazone groups is 2. The Morgan fingerprint density at radius 3 is 1.65 bits per heavy atom. The van der Waals surface area contributed by atoms with Gasteiger partial charge in [0.1, 0.15) is 0 Å². The SMILES string of the molecule is CN(N=C1CCCC1=NN(C)C(N)=S)C(N)=S. The zero-order valence-electron chi connectivity index (χ0n) is 9.88. The van der Waals surface area contributed by atoms with E-state index in [0.717, 1.165) is 30.7 Å². The van der Waals surface area contributed by atoms with Crippen LogP contribution >= 0.6 is 24.4 Å². The number of nitrogens with zero attached hydrogens (tertiary/aromatic N) is 4. The second kappa shape index (κ2) is 5.87. The summed E-state index contributed by atoms with van der Waals surface area (Å²) in [6.45, 7) is 0. The van der Waals surface area contributed by atoms with Gasteiger partial charge in [-0.1, -0.05) is 0 Å². The van der Waals surface area contributed by atoms with Crippen LogP contribution in [0.4, 0.5) is 0 Å². The maximum atomic E-state index is 5.47. The molecule has 1 fully saturated rings. The highest BCUT2D eigenvalue weighted by atomic mass is 32.1. The molecule has 1 aliphatic rings. The van der Waals surface area contributed by atoms with Gasteiger partial charge in [0.25, 0.3) is 0 Å². The van der Waals surface area contributed by atoms with Gasteiger partial charge in [0.2, 0.25) is 0 Å². The van der Waals surface area contributed by atoms with Gasteiger partial charge in [-0.2, -0.15) is 10.2 Å². The van der Waals surface area contributed by atoms with Crippen LogP contribution in [0.15, 0.2) is 10.2 Å². The zero-order valence-corrected chi connectivity index (χ0v) is 11.5. The highest BCUT2D eigenvalue weighted by Gasteiger charge is 2.19. The van der Waals surface area contributed by atoms with Crippen molar-refractivity contribution in [2.75, 3.05) is 14.1 Å². The van der Waals surface area contributed by atoms with Crippen molar-refractivity contribution < 1.29 is 0 Å². The minimum Gasteiger partial charge on any atom is -0.375 e. The molecule has 0 bridgehead atoms. The van der Waals surface area contributed by atoms with E-state index in [1.807, 2.05) is 0 Å². The molecule has 8 heteroatoms. The van der Waals surface area contributed by atoms with Gasteiger partial charge in [-0.25, -0.2) is 10.0 Å². The molecule has 6 nitrogen and oxygen atoms in total. The molecule has 0 radical (unpaired) electrons. The summed E-state index contributed by atoms with van der Waals surface area (Å²) in [6.07, 6.45) is 2.72. The summed E-state index contributed by atoms with van der Waals surface area (Å²) >= 11 is 9.65. The number of nitrogens with two attached hydrogens (primary N) is 2. The summed E-state index contributed by atoms with van der Waals surface area (Å²) < 4.78 is 0. The second-order valence-corrected chi connectivity index (χ2v) is 4.51. The summed E-state index contributed by atoms with van der Waals surface area (Å²) in [6, 6.07) is 0. The molecule has 1 saturated carbocycles. The van der Waals surface area contributed by atoms with E-state index in [1.165, 1.54) is 10.0 Å². The topological polar surface area (TPSA) is 83.2 Å². The van der Waals surface area contributed by atoms with Crippen LogP contribution in [0.1, 0.15) is 19.3 Å². The Balaban J connectivity index is 2.86. The van der Waals surface area contributed by atoms with E-state index in [2.05, 4.69) is 10.2 Å². The maximum absolute atomic E-state index is 5.47. The molecule has 0 atom stereocenters. The molecule has 0 aromatic heterocycles. The quantitative estimate of drug-likeness (QED) is 0.553. The third-order valence-electron chi connectivity index (χ3n) is 2.34. The highest BCUT2D eigenvalue weighted by Crippen LogP contribution is 2.14. The molecule has 0 aromatic carbocycles. The Morgan fingerprint density at radius 2 is 1.35 bits per heavy atom. The van der Waals surface area contributed by atoms with Gasteiger partial charge in [0.15, 0.2) is 10.2 Å². The van der Waals surface area contributed by atoms with Crippen molar-refractivity contribution in [2.24, 2.45) is 21.7 Å². The van der Waals surface area contributed by atoms with Crippen molar-refractivity contribution in [3.05, 3.63) is 0 Å². The molecule has 94 valence electrons. The van der Waals surface area contributed by atoms with Gasteiger partial charge in [0.05, 0.1) is 11.4 Å². The predicted molar refractivity (Wildman–Crippen MR) is 77.8 cm³/mol. The minimum atomic E-state index is 0.228. The molecule has 17 heavy (non-hydrogen) atoms. The van der Waals surface area contributed by atoms with Crippen LogP contribution in [-0.4, -0.2) is 45.8 Å². The van der Waals surface area contributed by atoms with Crippen LogP contribution in [-0.2, 0) is 0 Å². The number of hydrogen-bond acceptors (Lipinski definition) is 4. The van der Waals surface area contributed by atoms with Gasteiger partial charge in [0, 0.05) is 14.1 Å². The summed E-state index contributed by atoms with van der Waals surface area (Å²) in [7, 11) is 3.42. The molecule has 0 aliphatic heterocycles. The normalized spacial score (nSPS) is 19.6. The van der Waals surface area contributed by atoms with E-state index in [4.69, 9.17) is 35.9 Å². The van der Waals surface area contributed by atoms with Crippen molar-refractivity contribution in [2.45, 2.75) is 19.3 Å². The molecule has 0 amide bonds. The summed E-state index contributed by atoms with van der Waals surface area (Å²) in [5, 5.41) is 12.0. The second-order valence-electron chi connectivity index (χ2n) is 3.67. The number of hydrogen-bond donors (Lipinski definition) is 2. The maximum Gasteiger partial charge on any atom is 0.186 e.